The molecule has 2 aromatic rings. The van der Waals surface area contributed by atoms with Gasteiger partial charge in [0.25, 0.3) is 11.7 Å². The SMILES string of the molecule is CCOC(=O)c1[nH]c(C)c(C(O)=C2C(=O)C(=O)N(CCN3CCOCC3)C2c2ccncc2)c1C. The lowest BCUT2D eigenvalue weighted by Crippen LogP contribution is -2.42. The number of Topliss-reactive ketones (excluding diaryl/α,β-unsaturated/α-hetero) is 1. The van der Waals surface area contributed by atoms with Gasteiger partial charge in [0.2, 0.25) is 0 Å². The van der Waals surface area contributed by atoms with E-state index in [1.807, 2.05) is 0 Å². The number of aryl methyl sites for hydroxylation is 1. The van der Waals surface area contributed by atoms with Gasteiger partial charge in [-0.25, -0.2) is 4.79 Å². The fraction of sp³-hybridized carbons (Fsp3) is 0.440. The van der Waals surface area contributed by atoms with Crippen molar-refractivity contribution in [3.8, 4) is 0 Å². The first-order valence-corrected chi connectivity index (χ1v) is 11.7. The first kappa shape index (κ1) is 24.6. The maximum atomic E-state index is 13.3. The highest BCUT2D eigenvalue weighted by atomic mass is 16.5. The topological polar surface area (TPSA) is 125 Å². The van der Waals surface area contributed by atoms with Crippen molar-refractivity contribution in [1.82, 2.24) is 19.8 Å². The highest BCUT2D eigenvalue weighted by Crippen LogP contribution is 2.40. The predicted molar refractivity (Wildman–Crippen MR) is 127 cm³/mol. The number of amides is 1. The number of ketones is 1. The van der Waals surface area contributed by atoms with Crippen molar-refractivity contribution in [2.24, 2.45) is 0 Å². The second-order valence-corrected chi connectivity index (χ2v) is 8.57. The molecule has 0 aliphatic carbocycles. The molecule has 0 aromatic carbocycles. The molecule has 4 heterocycles. The molecule has 2 aliphatic rings. The van der Waals surface area contributed by atoms with E-state index in [1.165, 1.54) is 4.90 Å². The normalized spacial score (nSPS) is 20.4. The van der Waals surface area contributed by atoms with Crippen LogP contribution in [0.15, 0.2) is 30.1 Å². The largest absolute Gasteiger partial charge is 0.507 e. The average molecular weight is 483 g/mol. The number of carbonyl (C=O) groups is 3. The Labute approximate surface area is 203 Å². The van der Waals surface area contributed by atoms with Crippen LogP contribution in [0.1, 0.15) is 45.8 Å². The van der Waals surface area contributed by atoms with E-state index in [9.17, 15) is 19.5 Å². The third-order valence-electron chi connectivity index (χ3n) is 6.48. The zero-order chi connectivity index (χ0) is 25.1. The molecule has 10 heteroatoms. The van der Waals surface area contributed by atoms with Crippen molar-refractivity contribution >= 4 is 23.4 Å². The minimum Gasteiger partial charge on any atom is -0.507 e. The molecule has 1 amide bonds. The van der Waals surface area contributed by atoms with Crippen LogP contribution in [0.2, 0.25) is 0 Å². The monoisotopic (exact) mass is 482 g/mol. The van der Waals surface area contributed by atoms with Gasteiger partial charge >= 0.3 is 5.97 Å². The van der Waals surface area contributed by atoms with Gasteiger partial charge in [-0.2, -0.15) is 0 Å². The molecule has 2 aliphatic heterocycles. The van der Waals surface area contributed by atoms with E-state index in [1.54, 1.807) is 45.3 Å². The van der Waals surface area contributed by atoms with Crippen LogP contribution in [0.25, 0.3) is 5.76 Å². The molecule has 2 N–H and O–H groups in total. The van der Waals surface area contributed by atoms with Gasteiger partial charge in [-0.15, -0.1) is 0 Å². The second-order valence-electron chi connectivity index (χ2n) is 8.57. The minimum absolute atomic E-state index is 0.0104. The van der Waals surface area contributed by atoms with Crippen LogP contribution in [0.5, 0.6) is 0 Å². The van der Waals surface area contributed by atoms with E-state index < -0.39 is 23.7 Å². The summed E-state index contributed by atoms with van der Waals surface area (Å²) in [5.41, 5.74) is 2.12. The number of nitrogens with one attached hydrogen (secondary N) is 1. The summed E-state index contributed by atoms with van der Waals surface area (Å²) in [5, 5.41) is 11.4. The zero-order valence-electron chi connectivity index (χ0n) is 20.2. The number of aliphatic hydroxyl groups excluding tert-OH is 1. The van der Waals surface area contributed by atoms with Gasteiger partial charge in [0.1, 0.15) is 11.5 Å². The summed E-state index contributed by atoms with van der Waals surface area (Å²) in [4.78, 5) is 49.5. The van der Waals surface area contributed by atoms with Gasteiger partial charge in [-0.05, 0) is 44.0 Å². The number of aromatic nitrogens is 2. The smallest absolute Gasteiger partial charge is 0.355 e. The quantitative estimate of drug-likeness (QED) is 0.266. The summed E-state index contributed by atoms with van der Waals surface area (Å²) in [5.74, 6) is -2.30. The second kappa shape index (κ2) is 10.4. The number of hydrogen-bond acceptors (Lipinski definition) is 8. The van der Waals surface area contributed by atoms with Crippen LogP contribution in [-0.4, -0.2) is 88.5 Å². The number of hydrogen-bond donors (Lipinski definition) is 2. The van der Waals surface area contributed by atoms with Crippen molar-refractivity contribution in [3.63, 3.8) is 0 Å². The van der Waals surface area contributed by atoms with E-state index in [-0.39, 0.29) is 23.6 Å². The van der Waals surface area contributed by atoms with Crippen molar-refractivity contribution < 1.29 is 29.0 Å². The van der Waals surface area contributed by atoms with Gasteiger partial charge in [-0.1, -0.05) is 0 Å². The highest BCUT2D eigenvalue weighted by molar-refractivity contribution is 6.46. The van der Waals surface area contributed by atoms with E-state index in [0.717, 1.165) is 13.1 Å². The Bertz CT molecular complexity index is 1150. The molecule has 0 saturated carbocycles. The van der Waals surface area contributed by atoms with E-state index in [4.69, 9.17) is 9.47 Å². The number of esters is 1. The molecule has 10 nitrogen and oxygen atoms in total. The third-order valence-corrected chi connectivity index (χ3v) is 6.48. The fourth-order valence-corrected chi connectivity index (χ4v) is 4.72. The molecule has 4 rings (SSSR count). The summed E-state index contributed by atoms with van der Waals surface area (Å²) in [6.45, 7) is 8.92. The Hall–Kier alpha value is -3.50. The molecule has 0 spiro atoms. The van der Waals surface area contributed by atoms with Crippen molar-refractivity contribution in [3.05, 3.63) is 58.2 Å². The van der Waals surface area contributed by atoms with Crippen molar-refractivity contribution in [1.29, 1.82) is 0 Å². The summed E-state index contributed by atoms with van der Waals surface area (Å²) in [6, 6.07) is 2.68. The van der Waals surface area contributed by atoms with Crippen LogP contribution in [0, 0.1) is 13.8 Å². The first-order valence-electron chi connectivity index (χ1n) is 11.7. The molecule has 2 aromatic heterocycles. The molecule has 35 heavy (non-hydrogen) atoms. The summed E-state index contributed by atoms with van der Waals surface area (Å²) in [6.07, 6.45) is 3.17. The number of aliphatic hydroxyl groups is 1. The molecular weight excluding hydrogens is 452 g/mol. The Morgan fingerprint density at radius 3 is 2.54 bits per heavy atom. The Morgan fingerprint density at radius 1 is 1.20 bits per heavy atom. The summed E-state index contributed by atoms with van der Waals surface area (Å²) >= 11 is 0. The van der Waals surface area contributed by atoms with Crippen LogP contribution in [-0.2, 0) is 19.1 Å². The lowest BCUT2D eigenvalue weighted by molar-refractivity contribution is -0.140. The summed E-state index contributed by atoms with van der Waals surface area (Å²) in [7, 11) is 0. The van der Waals surface area contributed by atoms with Gasteiger partial charge in [0, 0.05) is 49.8 Å². The Morgan fingerprint density at radius 2 is 1.89 bits per heavy atom. The first-order chi connectivity index (χ1) is 16.8. The Kier molecular flexibility index (Phi) is 7.32. The number of carbonyl (C=O) groups excluding carboxylic acids is 3. The number of H-pyrrole nitrogens is 1. The van der Waals surface area contributed by atoms with Crippen LogP contribution in [0.3, 0.4) is 0 Å². The number of likely N-dealkylation sites (tertiary alicyclic amines) is 1. The number of rotatable bonds is 7. The predicted octanol–water partition coefficient (Wildman–Crippen LogP) is 1.96. The molecule has 186 valence electrons. The van der Waals surface area contributed by atoms with Crippen LogP contribution >= 0.6 is 0 Å². The lowest BCUT2D eigenvalue weighted by Gasteiger charge is -2.31. The molecule has 0 bridgehead atoms. The maximum Gasteiger partial charge on any atom is 0.355 e. The standard InChI is InChI=1S/C25H30N4O6/c1-4-35-25(33)20-15(2)18(16(3)27-20)22(30)19-21(17-5-7-26-8-6-17)29(24(32)23(19)31)10-9-28-11-13-34-14-12-28/h5-8,21,27,30H,4,9-14H2,1-3H3. The number of morpholine rings is 1. The van der Waals surface area contributed by atoms with Gasteiger partial charge < -0.3 is 24.5 Å². The third kappa shape index (κ3) is 4.71. The lowest BCUT2D eigenvalue weighted by atomic mass is 9.94. The number of pyridine rings is 1. The minimum atomic E-state index is -0.779. The maximum absolute atomic E-state index is 13.3. The highest BCUT2D eigenvalue weighted by Gasteiger charge is 2.46. The number of aromatic amines is 1. The molecule has 0 radical (unpaired) electrons. The fourth-order valence-electron chi connectivity index (χ4n) is 4.72. The molecule has 1 unspecified atom stereocenters. The molecule has 2 fully saturated rings. The van der Waals surface area contributed by atoms with Gasteiger partial charge in [0.05, 0.1) is 31.4 Å². The van der Waals surface area contributed by atoms with Crippen LogP contribution in [0.4, 0.5) is 0 Å². The number of nitrogens with zero attached hydrogens (tertiary/aromatic N) is 3. The Balaban J connectivity index is 1.77. The molecule has 2 saturated heterocycles. The summed E-state index contributed by atoms with van der Waals surface area (Å²) < 4.78 is 10.5. The van der Waals surface area contributed by atoms with Crippen LogP contribution < -0.4 is 0 Å². The average Bonchev–Trinajstić information content (AvgIpc) is 3.30. The zero-order valence-corrected chi connectivity index (χ0v) is 20.2. The van der Waals surface area contributed by atoms with E-state index in [2.05, 4.69) is 14.9 Å². The van der Waals surface area contributed by atoms with Crippen molar-refractivity contribution in [2.75, 3.05) is 46.0 Å². The number of ether oxygens (including phenoxy) is 2. The van der Waals surface area contributed by atoms with E-state index in [0.29, 0.717) is 48.7 Å². The van der Waals surface area contributed by atoms with Crippen molar-refractivity contribution in [2.45, 2.75) is 26.8 Å². The molecular formula is C25H30N4O6. The van der Waals surface area contributed by atoms with Gasteiger partial charge in [-0.3, -0.25) is 19.5 Å². The van der Waals surface area contributed by atoms with Gasteiger partial charge in [0.15, 0.2) is 0 Å². The molecule has 1 atom stereocenters. The van der Waals surface area contributed by atoms with E-state index >= 15 is 0 Å².